The third-order valence-corrected chi connectivity index (χ3v) is 7.83. The van der Waals surface area contributed by atoms with Gasteiger partial charge in [-0.25, -0.2) is 4.39 Å². The summed E-state index contributed by atoms with van der Waals surface area (Å²) in [6.45, 7) is 7.13. The molecule has 206 valence electrons. The molecular weight excluding hydrogens is 500 g/mol. The van der Waals surface area contributed by atoms with Crippen LogP contribution in [0.2, 0.25) is 0 Å². The Labute approximate surface area is 220 Å². The number of piperazine rings is 1. The van der Waals surface area contributed by atoms with Crippen molar-refractivity contribution >= 4 is 11.6 Å². The molecule has 2 aromatic carbocycles. The molecule has 6 nitrogen and oxygen atoms in total. The smallest absolute Gasteiger partial charge is 0.379 e. The Morgan fingerprint density at radius 2 is 1.76 bits per heavy atom. The van der Waals surface area contributed by atoms with E-state index in [1.165, 1.54) is 18.2 Å². The number of anilines is 1. The van der Waals surface area contributed by atoms with Gasteiger partial charge in [-0.15, -0.1) is 0 Å². The number of hydrogen-bond acceptors (Lipinski definition) is 5. The summed E-state index contributed by atoms with van der Waals surface area (Å²) in [5.74, 6) is -0.870. The lowest BCUT2D eigenvalue weighted by molar-refractivity contribution is -0.137. The van der Waals surface area contributed by atoms with E-state index in [4.69, 9.17) is 4.74 Å². The average molecular weight is 535 g/mol. The first-order valence-corrected chi connectivity index (χ1v) is 13.3. The second kappa shape index (κ2) is 11.6. The molecule has 0 aliphatic carbocycles. The summed E-state index contributed by atoms with van der Waals surface area (Å²) in [6, 6.07) is 10.1. The van der Waals surface area contributed by atoms with Crippen molar-refractivity contribution in [3.8, 4) is 0 Å². The number of morpholine rings is 1. The molecule has 38 heavy (non-hydrogen) atoms. The highest BCUT2D eigenvalue weighted by atomic mass is 19.4. The number of hydrogen-bond donors (Lipinski definition) is 1. The van der Waals surface area contributed by atoms with Crippen molar-refractivity contribution < 1.29 is 27.1 Å². The van der Waals surface area contributed by atoms with Gasteiger partial charge in [0.15, 0.2) is 0 Å². The minimum Gasteiger partial charge on any atom is -0.379 e. The summed E-state index contributed by atoms with van der Waals surface area (Å²) < 4.78 is 59.1. The molecule has 2 atom stereocenters. The molecule has 0 radical (unpaired) electrons. The molecule has 10 heteroatoms. The Morgan fingerprint density at radius 3 is 2.50 bits per heavy atom. The fraction of sp³-hybridized carbons (Fsp3) is 0.536. The second-order valence-electron chi connectivity index (χ2n) is 10.4. The third kappa shape index (κ3) is 6.30. The van der Waals surface area contributed by atoms with Crippen molar-refractivity contribution in [1.82, 2.24) is 15.1 Å². The second-order valence-corrected chi connectivity index (χ2v) is 10.4. The largest absolute Gasteiger partial charge is 0.416 e. The van der Waals surface area contributed by atoms with E-state index >= 15 is 0 Å². The number of carbonyl (C=O) groups excluding carboxylic acids is 1. The number of alkyl halides is 3. The molecule has 2 aromatic rings. The molecule has 0 spiro atoms. The highest BCUT2D eigenvalue weighted by molar-refractivity contribution is 5.82. The van der Waals surface area contributed by atoms with E-state index < -0.39 is 17.7 Å². The summed E-state index contributed by atoms with van der Waals surface area (Å²) in [7, 11) is 0. The van der Waals surface area contributed by atoms with Gasteiger partial charge in [-0.05, 0) is 60.8 Å². The minimum absolute atomic E-state index is 0.117. The fourth-order valence-electron chi connectivity index (χ4n) is 5.82. The van der Waals surface area contributed by atoms with Crippen LogP contribution in [0.25, 0.3) is 0 Å². The highest BCUT2D eigenvalue weighted by Crippen LogP contribution is 2.40. The molecule has 0 saturated carbocycles. The lowest BCUT2D eigenvalue weighted by Gasteiger charge is -2.49. The van der Waals surface area contributed by atoms with E-state index in [0.717, 1.165) is 56.6 Å². The van der Waals surface area contributed by atoms with Gasteiger partial charge in [-0.2, -0.15) is 13.2 Å². The maximum Gasteiger partial charge on any atom is 0.416 e. The van der Waals surface area contributed by atoms with Crippen LogP contribution in [-0.4, -0.2) is 80.8 Å². The van der Waals surface area contributed by atoms with Crippen molar-refractivity contribution in [3.63, 3.8) is 0 Å². The van der Waals surface area contributed by atoms with E-state index in [2.05, 4.69) is 20.0 Å². The first-order valence-electron chi connectivity index (χ1n) is 13.3. The Balaban J connectivity index is 1.30. The highest BCUT2D eigenvalue weighted by Gasteiger charge is 2.42. The van der Waals surface area contributed by atoms with Crippen LogP contribution in [0.3, 0.4) is 0 Å². The number of amides is 1. The fourth-order valence-corrected chi connectivity index (χ4v) is 5.82. The normalized spacial score (nSPS) is 22.6. The van der Waals surface area contributed by atoms with Gasteiger partial charge in [0.1, 0.15) is 5.82 Å². The van der Waals surface area contributed by atoms with E-state index in [1.54, 1.807) is 18.2 Å². The van der Waals surface area contributed by atoms with E-state index in [9.17, 15) is 22.4 Å². The number of nitrogens with one attached hydrogen (secondary N) is 1. The average Bonchev–Trinajstić information content (AvgIpc) is 2.91. The zero-order chi connectivity index (χ0) is 26.7. The van der Waals surface area contributed by atoms with Crippen molar-refractivity contribution in [2.24, 2.45) is 5.92 Å². The first-order chi connectivity index (χ1) is 18.3. The molecule has 3 aliphatic rings. The van der Waals surface area contributed by atoms with Crippen LogP contribution in [-0.2, 0) is 28.7 Å². The van der Waals surface area contributed by atoms with E-state index in [1.807, 2.05) is 0 Å². The Morgan fingerprint density at radius 1 is 1.00 bits per heavy atom. The summed E-state index contributed by atoms with van der Waals surface area (Å²) >= 11 is 0. The molecular formula is C28H34F4N4O2. The topological polar surface area (TPSA) is 48.1 Å². The van der Waals surface area contributed by atoms with Crippen LogP contribution in [0.1, 0.15) is 23.1 Å². The zero-order valence-corrected chi connectivity index (χ0v) is 21.4. The molecule has 0 bridgehead atoms. The third-order valence-electron chi connectivity index (χ3n) is 7.83. The van der Waals surface area contributed by atoms with Gasteiger partial charge >= 0.3 is 6.18 Å². The van der Waals surface area contributed by atoms with Crippen molar-refractivity contribution in [3.05, 3.63) is 65.0 Å². The number of benzene rings is 2. The Kier molecular flexibility index (Phi) is 8.20. The number of fused-ring (bicyclic) bond motifs is 3. The van der Waals surface area contributed by atoms with Gasteiger partial charge < -0.3 is 15.0 Å². The first kappa shape index (κ1) is 26.9. The molecule has 1 N–H and O–H groups in total. The van der Waals surface area contributed by atoms with Gasteiger partial charge in [-0.1, -0.05) is 12.1 Å². The molecule has 3 aliphatic heterocycles. The summed E-state index contributed by atoms with van der Waals surface area (Å²) in [5.41, 5.74) is 1.64. The SMILES string of the molecule is O=C(NCCCN1CCOCC1)[C@H]1Cc2cc(C(F)(F)F)ccc2N2CCN(Cc3ccc(F)cc3)C[C@H]12. The van der Waals surface area contributed by atoms with E-state index in [0.29, 0.717) is 38.3 Å². The molecule has 5 rings (SSSR count). The molecule has 1 amide bonds. The molecule has 3 heterocycles. The number of halogens is 4. The number of nitrogens with zero attached hydrogens (tertiary/aromatic N) is 3. The quantitative estimate of drug-likeness (QED) is 0.435. The summed E-state index contributed by atoms with van der Waals surface area (Å²) in [6.07, 6.45) is -3.37. The van der Waals surface area contributed by atoms with Gasteiger partial charge in [0.05, 0.1) is 30.7 Å². The summed E-state index contributed by atoms with van der Waals surface area (Å²) in [5, 5.41) is 3.07. The van der Waals surface area contributed by atoms with Crippen molar-refractivity contribution in [1.29, 1.82) is 0 Å². The van der Waals surface area contributed by atoms with Gasteiger partial charge in [-0.3, -0.25) is 14.6 Å². The summed E-state index contributed by atoms with van der Waals surface area (Å²) in [4.78, 5) is 20.1. The van der Waals surface area contributed by atoms with Crippen LogP contribution in [0.5, 0.6) is 0 Å². The number of rotatable bonds is 7. The lowest BCUT2D eigenvalue weighted by Crippen LogP contribution is -2.61. The molecule has 0 unspecified atom stereocenters. The van der Waals surface area contributed by atoms with Crippen LogP contribution >= 0.6 is 0 Å². The molecule has 2 fully saturated rings. The van der Waals surface area contributed by atoms with Gasteiger partial charge in [0.25, 0.3) is 0 Å². The van der Waals surface area contributed by atoms with E-state index in [-0.39, 0.29) is 24.2 Å². The predicted octanol–water partition coefficient (Wildman–Crippen LogP) is 3.55. The molecule has 2 saturated heterocycles. The zero-order valence-electron chi connectivity index (χ0n) is 21.4. The van der Waals surface area contributed by atoms with Crippen LogP contribution in [0.15, 0.2) is 42.5 Å². The monoisotopic (exact) mass is 534 g/mol. The number of ether oxygens (including phenoxy) is 1. The Bertz CT molecular complexity index is 1110. The standard InChI is InChI=1S/C28H34F4N4O2/c29-23-5-2-20(3-6-23)18-35-10-11-36-25-7-4-22(28(30,31)32)16-21(25)17-24(26(36)19-35)27(37)33-8-1-9-34-12-14-38-15-13-34/h2-7,16,24,26H,1,8-15,17-19H2,(H,33,37)/t24-,26+/m0/s1. The minimum atomic E-state index is -4.43. The van der Waals surface area contributed by atoms with Crippen molar-refractivity contribution in [2.45, 2.75) is 31.6 Å². The van der Waals surface area contributed by atoms with Crippen LogP contribution in [0.4, 0.5) is 23.2 Å². The van der Waals surface area contributed by atoms with Gasteiger partial charge in [0, 0.05) is 51.5 Å². The van der Waals surface area contributed by atoms with Crippen molar-refractivity contribution in [2.75, 3.05) is 63.9 Å². The maximum absolute atomic E-state index is 13.5. The lowest BCUT2D eigenvalue weighted by atomic mass is 9.82. The maximum atomic E-state index is 13.5. The molecule has 0 aromatic heterocycles. The Hall–Kier alpha value is -2.69. The predicted molar refractivity (Wildman–Crippen MR) is 136 cm³/mol. The van der Waals surface area contributed by atoms with Gasteiger partial charge in [0.2, 0.25) is 5.91 Å². The number of carbonyl (C=O) groups is 1. The van der Waals surface area contributed by atoms with Crippen LogP contribution < -0.4 is 10.2 Å². The van der Waals surface area contributed by atoms with Crippen LogP contribution in [0, 0.1) is 11.7 Å².